The second-order valence-corrected chi connectivity index (χ2v) is 4.23. The molecule has 1 heterocycles. The summed E-state index contributed by atoms with van der Waals surface area (Å²) < 4.78 is 44.0. The Hall–Kier alpha value is -1.89. The number of para-hydroxylation sites is 1. The molecule has 0 unspecified atom stereocenters. The first kappa shape index (κ1) is 13.5. The van der Waals surface area contributed by atoms with Gasteiger partial charge in [0.05, 0.1) is 17.1 Å². The van der Waals surface area contributed by atoms with E-state index in [1.165, 1.54) is 18.2 Å². The Bertz CT molecular complexity index is 527. The largest absolute Gasteiger partial charge is 0.398 e. The van der Waals surface area contributed by atoms with Gasteiger partial charge in [0, 0.05) is 6.07 Å². The van der Waals surface area contributed by atoms with E-state index in [4.69, 9.17) is 4.74 Å². The fraction of sp³-hybridized carbons (Fsp3) is 0.333. The second kappa shape index (κ2) is 4.65. The van der Waals surface area contributed by atoms with Gasteiger partial charge in [0.25, 0.3) is 5.69 Å². The second-order valence-electron chi connectivity index (χ2n) is 4.23. The van der Waals surface area contributed by atoms with Crippen molar-refractivity contribution in [1.82, 2.24) is 0 Å². The smallest absolute Gasteiger partial charge is 0.368 e. The third kappa shape index (κ3) is 2.46. The number of hydrogen-bond acceptors (Lipinski definition) is 3. The molecular weight excluding hydrogens is 263 g/mol. The molecule has 0 N–H and O–H groups in total. The number of halogens is 3. The maximum Gasteiger partial charge on any atom is 0.398 e. The molecule has 7 heteroatoms. The van der Waals surface area contributed by atoms with E-state index in [9.17, 15) is 23.3 Å². The molecule has 1 aliphatic heterocycles. The first-order chi connectivity index (χ1) is 8.82. The van der Waals surface area contributed by atoms with Gasteiger partial charge in [-0.1, -0.05) is 18.7 Å². The summed E-state index contributed by atoms with van der Waals surface area (Å²) in [4.78, 5) is 10.1. The Balaban J connectivity index is 2.47. The molecule has 2 atom stereocenters. The molecular formula is C12H10F3NO3. The fourth-order valence-electron chi connectivity index (χ4n) is 2.16. The maximum atomic E-state index is 13.0. The summed E-state index contributed by atoms with van der Waals surface area (Å²) in [5, 5.41) is 10.9. The van der Waals surface area contributed by atoms with Crippen molar-refractivity contribution in [3.63, 3.8) is 0 Å². The Morgan fingerprint density at radius 2 is 2.00 bits per heavy atom. The van der Waals surface area contributed by atoms with E-state index in [0.717, 1.165) is 6.07 Å². The van der Waals surface area contributed by atoms with E-state index in [2.05, 4.69) is 6.58 Å². The van der Waals surface area contributed by atoms with Gasteiger partial charge in [-0.3, -0.25) is 10.1 Å². The average molecular weight is 273 g/mol. The molecule has 19 heavy (non-hydrogen) atoms. The highest BCUT2D eigenvalue weighted by Crippen LogP contribution is 2.48. The minimum Gasteiger partial charge on any atom is -0.368 e. The first-order valence-electron chi connectivity index (χ1n) is 5.41. The van der Waals surface area contributed by atoms with Crippen molar-refractivity contribution < 1.29 is 22.8 Å². The molecule has 0 spiro atoms. The van der Waals surface area contributed by atoms with Crippen molar-refractivity contribution in [1.29, 1.82) is 0 Å². The fourth-order valence-corrected chi connectivity index (χ4v) is 2.16. The van der Waals surface area contributed by atoms with Crippen molar-refractivity contribution in [3.8, 4) is 0 Å². The van der Waals surface area contributed by atoms with Gasteiger partial charge in [-0.05, 0) is 11.6 Å². The zero-order valence-corrected chi connectivity index (χ0v) is 9.68. The summed E-state index contributed by atoms with van der Waals surface area (Å²) in [6.45, 7) is 3.09. The normalized spacial score (nSPS) is 23.6. The van der Waals surface area contributed by atoms with E-state index < -0.39 is 23.1 Å². The van der Waals surface area contributed by atoms with Gasteiger partial charge in [0.2, 0.25) is 0 Å². The molecule has 2 rings (SSSR count). The predicted octanol–water partition coefficient (Wildman–Crippen LogP) is 3.40. The molecule has 1 saturated heterocycles. The molecule has 1 fully saturated rings. The minimum atomic E-state index is -4.54. The van der Waals surface area contributed by atoms with E-state index in [-0.39, 0.29) is 23.4 Å². The number of benzene rings is 1. The number of hydrogen-bond donors (Lipinski definition) is 0. The third-order valence-corrected chi connectivity index (χ3v) is 2.98. The van der Waals surface area contributed by atoms with Crippen molar-refractivity contribution in [2.75, 3.05) is 6.61 Å². The molecule has 102 valence electrons. The zero-order chi connectivity index (χ0) is 14.2. The predicted molar refractivity (Wildman–Crippen MR) is 60.5 cm³/mol. The summed E-state index contributed by atoms with van der Waals surface area (Å²) in [7, 11) is 0. The lowest BCUT2D eigenvalue weighted by Gasteiger charge is -2.21. The van der Waals surface area contributed by atoms with Crippen LogP contribution in [0.15, 0.2) is 36.4 Å². The van der Waals surface area contributed by atoms with Crippen molar-refractivity contribution >= 4 is 5.69 Å². The van der Waals surface area contributed by atoms with Gasteiger partial charge in [-0.25, -0.2) is 0 Å². The van der Waals surface area contributed by atoms with Crippen molar-refractivity contribution in [2.45, 2.75) is 12.3 Å². The van der Waals surface area contributed by atoms with Gasteiger partial charge in [-0.2, -0.15) is 13.2 Å². The van der Waals surface area contributed by atoms with Crippen LogP contribution in [0.5, 0.6) is 0 Å². The number of alkyl halides is 3. The van der Waals surface area contributed by atoms with Crippen LogP contribution in [0.1, 0.15) is 11.7 Å². The number of rotatable bonds is 2. The number of nitro benzene ring substituents is 1. The van der Waals surface area contributed by atoms with Crippen LogP contribution < -0.4 is 0 Å². The van der Waals surface area contributed by atoms with Crippen LogP contribution in [0.25, 0.3) is 0 Å². The van der Waals surface area contributed by atoms with E-state index >= 15 is 0 Å². The van der Waals surface area contributed by atoms with E-state index in [1.807, 2.05) is 0 Å². The minimum absolute atomic E-state index is 0.0755. The summed E-state index contributed by atoms with van der Waals surface area (Å²) in [6.07, 6.45) is -5.95. The molecule has 0 saturated carbocycles. The van der Waals surface area contributed by atoms with Crippen LogP contribution in [0, 0.1) is 16.0 Å². The molecule has 0 aliphatic carbocycles. The van der Waals surface area contributed by atoms with Gasteiger partial charge in [-0.15, -0.1) is 0 Å². The summed E-state index contributed by atoms with van der Waals surface area (Å²) in [5.74, 6) is -1.91. The van der Waals surface area contributed by atoms with Crippen molar-refractivity contribution in [2.24, 2.45) is 5.92 Å². The topological polar surface area (TPSA) is 52.4 Å². The van der Waals surface area contributed by atoms with Crippen LogP contribution in [0.3, 0.4) is 0 Å². The van der Waals surface area contributed by atoms with E-state index in [1.54, 1.807) is 0 Å². The SMILES string of the molecule is C=C1CO[C@H](c2ccccc2[N+](=O)[O-])[C@H]1C(F)(F)F. The zero-order valence-electron chi connectivity index (χ0n) is 9.68. The summed E-state index contributed by atoms with van der Waals surface area (Å²) in [6, 6.07) is 5.28. The maximum absolute atomic E-state index is 13.0. The first-order valence-corrected chi connectivity index (χ1v) is 5.41. The Kier molecular flexibility index (Phi) is 3.32. The standard InChI is InChI=1S/C12H10F3NO3/c1-7-6-19-11(10(7)12(13,14)15)8-4-2-3-5-9(8)16(17)18/h2-5,10-11H,1,6H2/t10-,11+/m0/s1. The Labute approximate surface area is 106 Å². The van der Waals surface area contributed by atoms with Gasteiger partial charge < -0.3 is 4.74 Å². The van der Waals surface area contributed by atoms with Crippen LogP contribution in [-0.2, 0) is 4.74 Å². The molecule has 0 radical (unpaired) electrons. The molecule has 0 bridgehead atoms. The molecule has 1 aliphatic rings. The van der Waals surface area contributed by atoms with Gasteiger partial charge in [0.15, 0.2) is 0 Å². The lowest BCUT2D eigenvalue weighted by atomic mass is 9.91. The quantitative estimate of drug-likeness (QED) is 0.471. The van der Waals surface area contributed by atoms with Crippen LogP contribution in [0.4, 0.5) is 18.9 Å². The highest BCUT2D eigenvalue weighted by Gasteiger charge is 2.52. The molecule has 1 aromatic carbocycles. The third-order valence-electron chi connectivity index (χ3n) is 2.98. The summed E-state index contributed by atoms with van der Waals surface area (Å²) in [5.41, 5.74) is -0.569. The monoisotopic (exact) mass is 273 g/mol. The highest BCUT2D eigenvalue weighted by atomic mass is 19.4. The molecule has 4 nitrogen and oxygen atoms in total. The average Bonchev–Trinajstić information content (AvgIpc) is 2.70. The number of ether oxygens (including phenoxy) is 1. The van der Waals surface area contributed by atoms with Crippen LogP contribution >= 0.6 is 0 Å². The lowest BCUT2D eigenvalue weighted by molar-refractivity contribution is -0.386. The Morgan fingerprint density at radius 3 is 2.58 bits per heavy atom. The van der Waals surface area contributed by atoms with Gasteiger partial charge >= 0.3 is 6.18 Å². The molecule has 0 aromatic heterocycles. The number of nitrogens with zero attached hydrogens (tertiary/aromatic N) is 1. The highest BCUT2D eigenvalue weighted by molar-refractivity contribution is 5.43. The number of nitro groups is 1. The van der Waals surface area contributed by atoms with Crippen LogP contribution in [-0.4, -0.2) is 17.7 Å². The Morgan fingerprint density at radius 1 is 1.37 bits per heavy atom. The van der Waals surface area contributed by atoms with Gasteiger partial charge in [0.1, 0.15) is 12.0 Å². The molecule has 1 aromatic rings. The lowest BCUT2D eigenvalue weighted by Crippen LogP contribution is -2.27. The van der Waals surface area contributed by atoms with Crippen LogP contribution in [0.2, 0.25) is 0 Å². The van der Waals surface area contributed by atoms with E-state index in [0.29, 0.717) is 0 Å². The summed E-state index contributed by atoms with van der Waals surface area (Å²) >= 11 is 0. The van der Waals surface area contributed by atoms with Crippen molar-refractivity contribution in [3.05, 3.63) is 52.1 Å². The molecule has 0 amide bonds.